The Kier molecular flexibility index (Phi) is 4.82. The van der Waals surface area contributed by atoms with Crippen LogP contribution in [0, 0.1) is 6.92 Å². The van der Waals surface area contributed by atoms with Crippen LogP contribution < -0.4 is 4.74 Å². The molecular formula is C19H21N5O4. The van der Waals surface area contributed by atoms with Crippen molar-refractivity contribution in [3.63, 3.8) is 0 Å². The van der Waals surface area contributed by atoms with E-state index in [4.69, 9.17) is 14.0 Å². The summed E-state index contributed by atoms with van der Waals surface area (Å²) < 4.78 is 17.7. The molecule has 1 saturated heterocycles. The van der Waals surface area contributed by atoms with Crippen molar-refractivity contribution in [1.82, 2.24) is 24.8 Å². The fraction of sp³-hybridized carbons (Fsp3) is 0.368. The maximum atomic E-state index is 12.4. The number of amides is 1. The fourth-order valence-electron chi connectivity index (χ4n) is 2.93. The maximum Gasteiger partial charge on any atom is 0.274 e. The van der Waals surface area contributed by atoms with E-state index < -0.39 is 0 Å². The molecule has 4 rings (SSSR count). The summed E-state index contributed by atoms with van der Waals surface area (Å²) in [6.45, 7) is 3.29. The molecule has 1 aliphatic heterocycles. The highest BCUT2D eigenvalue weighted by Crippen LogP contribution is 2.23. The molecule has 3 aromatic rings. The number of methoxy groups -OCH3 is 1. The number of aromatic nitrogens is 4. The summed E-state index contributed by atoms with van der Waals surface area (Å²) in [5, 5.41) is 8.16. The molecule has 1 fully saturated rings. The van der Waals surface area contributed by atoms with E-state index >= 15 is 0 Å². The van der Waals surface area contributed by atoms with Crippen LogP contribution in [0.4, 0.5) is 0 Å². The molecule has 2 aromatic heterocycles. The first kappa shape index (κ1) is 18.2. The summed E-state index contributed by atoms with van der Waals surface area (Å²) in [5.41, 5.74) is 2.25. The first-order valence-electron chi connectivity index (χ1n) is 8.92. The van der Waals surface area contributed by atoms with Crippen molar-refractivity contribution in [2.24, 2.45) is 7.05 Å². The number of rotatable bonds is 6. The topological polar surface area (TPSA) is 95.5 Å². The molecule has 0 spiro atoms. The molecule has 0 aliphatic carbocycles. The predicted molar refractivity (Wildman–Crippen MR) is 98.7 cm³/mol. The molecule has 9 heteroatoms. The van der Waals surface area contributed by atoms with Crippen LogP contribution in [0.1, 0.15) is 22.1 Å². The Balaban J connectivity index is 1.31. The van der Waals surface area contributed by atoms with Gasteiger partial charge in [-0.05, 0) is 37.3 Å². The SMILES string of the molecule is COCc1nc(-c2ccc(OC3CN(C(=O)c4cc(C)n(C)n4)C3)cc2)no1. The summed E-state index contributed by atoms with van der Waals surface area (Å²) in [7, 11) is 3.40. The van der Waals surface area contributed by atoms with Gasteiger partial charge in [0.2, 0.25) is 5.82 Å². The molecule has 0 bridgehead atoms. The van der Waals surface area contributed by atoms with Gasteiger partial charge in [0.15, 0.2) is 5.69 Å². The van der Waals surface area contributed by atoms with Gasteiger partial charge in [0.1, 0.15) is 18.5 Å². The van der Waals surface area contributed by atoms with Gasteiger partial charge in [-0.1, -0.05) is 5.16 Å². The summed E-state index contributed by atoms with van der Waals surface area (Å²) >= 11 is 0. The molecule has 0 N–H and O–H groups in total. The zero-order valence-electron chi connectivity index (χ0n) is 16.0. The van der Waals surface area contributed by atoms with Crippen LogP contribution in [0.2, 0.25) is 0 Å². The normalized spacial score (nSPS) is 14.2. The Morgan fingerprint density at radius 3 is 2.68 bits per heavy atom. The molecule has 0 unspecified atom stereocenters. The molecule has 1 aliphatic rings. The second-order valence-corrected chi connectivity index (χ2v) is 6.71. The van der Waals surface area contributed by atoms with Crippen molar-refractivity contribution >= 4 is 5.91 Å². The van der Waals surface area contributed by atoms with Crippen LogP contribution in [0.3, 0.4) is 0 Å². The van der Waals surface area contributed by atoms with Gasteiger partial charge < -0.3 is 18.9 Å². The molecule has 28 heavy (non-hydrogen) atoms. The van der Waals surface area contributed by atoms with Gasteiger partial charge in [-0.2, -0.15) is 10.1 Å². The number of benzene rings is 1. The third-order valence-electron chi connectivity index (χ3n) is 4.62. The second kappa shape index (κ2) is 7.43. The molecule has 9 nitrogen and oxygen atoms in total. The minimum absolute atomic E-state index is 0.0295. The minimum atomic E-state index is -0.0668. The number of nitrogens with zero attached hydrogens (tertiary/aromatic N) is 5. The molecule has 0 atom stereocenters. The van der Waals surface area contributed by atoms with Crippen LogP contribution in [-0.2, 0) is 18.4 Å². The monoisotopic (exact) mass is 383 g/mol. The Hall–Kier alpha value is -3.20. The highest BCUT2D eigenvalue weighted by Gasteiger charge is 2.34. The summed E-state index contributed by atoms with van der Waals surface area (Å²) in [4.78, 5) is 18.4. The van der Waals surface area contributed by atoms with Gasteiger partial charge in [0, 0.05) is 25.4 Å². The van der Waals surface area contributed by atoms with Crippen LogP contribution in [-0.4, -0.2) is 57.0 Å². The zero-order chi connectivity index (χ0) is 19.7. The van der Waals surface area contributed by atoms with E-state index in [1.807, 2.05) is 38.2 Å². The molecular weight excluding hydrogens is 362 g/mol. The number of ether oxygens (including phenoxy) is 2. The lowest BCUT2D eigenvalue weighted by Crippen LogP contribution is -2.56. The largest absolute Gasteiger partial charge is 0.487 e. The Bertz CT molecular complexity index is 953. The lowest BCUT2D eigenvalue weighted by atomic mass is 10.1. The van der Waals surface area contributed by atoms with Crippen LogP contribution in [0.15, 0.2) is 34.9 Å². The van der Waals surface area contributed by atoms with E-state index in [-0.39, 0.29) is 18.6 Å². The van der Waals surface area contributed by atoms with Crippen molar-refractivity contribution in [1.29, 1.82) is 0 Å². The minimum Gasteiger partial charge on any atom is -0.487 e. The van der Waals surface area contributed by atoms with E-state index in [9.17, 15) is 4.79 Å². The van der Waals surface area contributed by atoms with Crippen LogP contribution in [0.5, 0.6) is 5.75 Å². The number of carbonyl (C=O) groups excluding carboxylic acids is 1. The summed E-state index contributed by atoms with van der Waals surface area (Å²) in [6.07, 6.45) is -0.0295. The highest BCUT2D eigenvalue weighted by atomic mass is 16.5. The van der Waals surface area contributed by atoms with Gasteiger partial charge in [-0.15, -0.1) is 0 Å². The Morgan fingerprint density at radius 2 is 2.04 bits per heavy atom. The fourth-order valence-corrected chi connectivity index (χ4v) is 2.93. The van der Waals surface area contributed by atoms with E-state index in [2.05, 4.69) is 15.2 Å². The summed E-state index contributed by atoms with van der Waals surface area (Å²) in [5.74, 6) is 1.60. The highest BCUT2D eigenvalue weighted by molar-refractivity contribution is 5.93. The molecule has 1 aromatic carbocycles. The predicted octanol–water partition coefficient (Wildman–Crippen LogP) is 1.83. The van der Waals surface area contributed by atoms with E-state index in [0.29, 0.717) is 30.5 Å². The van der Waals surface area contributed by atoms with E-state index in [1.165, 1.54) is 0 Å². The lowest BCUT2D eigenvalue weighted by Gasteiger charge is -2.38. The first-order chi connectivity index (χ1) is 13.5. The van der Waals surface area contributed by atoms with Gasteiger partial charge in [0.25, 0.3) is 11.8 Å². The molecule has 0 saturated carbocycles. The van der Waals surface area contributed by atoms with Crippen molar-refractivity contribution in [3.05, 3.63) is 47.6 Å². The van der Waals surface area contributed by atoms with Crippen LogP contribution >= 0.6 is 0 Å². The molecule has 146 valence electrons. The van der Waals surface area contributed by atoms with Gasteiger partial charge in [0.05, 0.1) is 13.1 Å². The number of aryl methyl sites for hydroxylation is 2. The van der Waals surface area contributed by atoms with E-state index in [0.717, 1.165) is 17.0 Å². The van der Waals surface area contributed by atoms with Gasteiger partial charge in [-0.25, -0.2) is 0 Å². The van der Waals surface area contributed by atoms with Crippen molar-refractivity contribution in [2.75, 3.05) is 20.2 Å². The first-order valence-corrected chi connectivity index (χ1v) is 8.92. The maximum absolute atomic E-state index is 12.4. The number of likely N-dealkylation sites (tertiary alicyclic amines) is 1. The van der Waals surface area contributed by atoms with Crippen molar-refractivity contribution < 1.29 is 18.8 Å². The number of hydrogen-bond donors (Lipinski definition) is 0. The molecule has 0 radical (unpaired) electrons. The standard InChI is InChI=1S/C19H21N5O4/c1-12-8-16(21-23(12)2)19(25)24-9-15(10-24)27-14-6-4-13(5-7-14)18-20-17(11-26-3)28-22-18/h4-8,15H,9-11H2,1-3H3. The van der Waals surface area contributed by atoms with Crippen molar-refractivity contribution in [3.8, 4) is 17.1 Å². The lowest BCUT2D eigenvalue weighted by molar-refractivity contribution is 0.0173. The van der Waals surface area contributed by atoms with Crippen molar-refractivity contribution in [2.45, 2.75) is 19.6 Å². The average Bonchev–Trinajstić information content (AvgIpc) is 3.25. The third-order valence-corrected chi connectivity index (χ3v) is 4.62. The second-order valence-electron chi connectivity index (χ2n) is 6.71. The third kappa shape index (κ3) is 3.61. The Labute approximate surface area is 161 Å². The Morgan fingerprint density at radius 1 is 1.29 bits per heavy atom. The average molecular weight is 383 g/mol. The quantitative estimate of drug-likeness (QED) is 0.641. The number of carbonyl (C=O) groups is 1. The van der Waals surface area contributed by atoms with Gasteiger partial charge >= 0.3 is 0 Å². The number of hydrogen-bond acceptors (Lipinski definition) is 7. The zero-order valence-corrected chi connectivity index (χ0v) is 16.0. The summed E-state index contributed by atoms with van der Waals surface area (Å²) in [6, 6.07) is 9.25. The van der Waals surface area contributed by atoms with Crippen LogP contribution in [0.25, 0.3) is 11.4 Å². The smallest absolute Gasteiger partial charge is 0.274 e. The van der Waals surface area contributed by atoms with Gasteiger partial charge in [-0.3, -0.25) is 9.48 Å². The van der Waals surface area contributed by atoms with E-state index in [1.54, 1.807) is 22.8 Å². The molecule has 1 amide bonds. The molecule has 3 heterocycles.